The molecule has 0 spiro atoms. The van der Waals surface area contributed by atoms with Gasteiger partial charge in [0.25, 0.3) is 5.69 Å². The van der Waals surface area contributed by atoms with Crippen LogP contribution in [0.1, 0.15) is 22.3 Å². The Morgan fingerprint density at radius 1 is 1.17 bits per heavy atom. The van der Waals surface area contributed by atoms with Crippen LogP contribution in [0.4, 0.5) is 11.4 Å². The minimum absolute atomic E-state index is 0.115. The number of amides is 1. The van der Waals surface area contributed by atoms with E-state index in [2.05, 4.69) is 0 Å². The van der Waals surface area contributed by atoms with Gasteiger partial charge in [-0.25, -0.2) is 0 Å². The highest BCUT2D eigenvalue weighted by Gasteiger charge is 2.21. The molecule has 4 N–H and O–H groups in total. The van der Waals surface area contributed by atoms with Crippen LogP contribution in [-0.4, -0.2) is 23.9 Å². The average Bonchev–Trinajstić information content (AvgIpc) is 2.58. The number of primary amides is 1. The molecule has 2 aromatic carbocycles. The van der Waals surface area contributed by atoms with Crippen molar-refractivity contribution in [2.24, 2.45) is 11.5 Å². The Morgan fingerprint density at radius 3 is 2.46 bits per heavy atom. The van der Waals surface area contributed by atoms with E-state index in [0.29, 0.717) is 31.7 Å². The maximum atomic E-state index is 11.4. The molecule has 0 aromatic heterocycles. The fourth-order valence-electron chi connectivity index (χ4n) is 2.46. The number of hydrogen-bond donors (Lipinski definition) is 2. The van der Waals surface area contributed by atoms with Crippen molar-refractivity contribution >= 4 is 17.3 Å². The lowest BCUT2D eigenvalue weighted by Crippen LogP contribution is -2.26. The lowest BCUT2D eigenvalue weighted by atomic mass is 10.1. The third-order valence-electron chi connectivity index (χ3n) is 3.65. The lowest BCUT2D eigenvalue weighted by Gasteiger charge is -2.24. The van der Waals surface area contributed by atoms with Gasteiger partial charge in [-0.3, -0.25) is 14.9 Å². The SMILES string of the molecule is NCCCN(Cc1ccccc1)c1ccc(C(N)=O)cc1[N+](=O)[O-]. The van der Waals surface area contributed by atoms with E-state index in [1.54, 1.807) is 6.07 Å². The number of benzene rings is 2. The molecule has 0 aliphatic carbocycles. The zero-order valence-corrected chi connectivity index (χ0v) is 13.2. The van der Waals surface area contributed by atoms with Crippen molar-refractivity contribution in [2.45, 2.75) is 13.0 Å². The maximum Gasteiger partial charge on any atom is 0.293 e. The first-order valence-electron chi connectivity index (χ1n) is 7.60. The van der Waals surface area contributed by atoms with Gasteiger partial charge in [-0.2, -0.15) is 0 Å². The Hall–Kier alpha value is -2.93. The van der Waals surface area contributed by atoms with Gasteiger partial charge in [0, 0.05) is 24.7 Å². The minimum Gasteiger partial charge on any atom is -0.366 e. The Kier molecular flexibility index (Phi) is 5.86. The summed E-state index contributed by atoms with van der Waals surface area (Å²) in [5, 5.41) is 11.4. The number of rotatable bonds is 8. The normalized spacial score (nSPS) is 10.4. The van der Waals surface area contributed by atoms with Gasteiger partial charge in [0.1, 0.15) is 5.69 Å². The average molecular weight is 328 g/mol. The summed E-state index contributed by atoms with van der Waals surface area (Å²) in [6, 6.07) is 14.0. The van der Waals surface area contributed by atoms with Crippen molar-refractivity contribution in [2.75, 3.05) is 18.0 Å². The van der Waals surface area contributed by atoms with Gasteiger partial charge in [0.15, 0.2) is 0 Å². The van der Waals surface area contributed by atoms with Crippen molar-refractivity contribution in [3.63, 3.8) is 0 Å². The molecule has 0 radical (unpaired) electrons. The van der Waals surface area contributed by atoms with Gasteiger partial charge in [-0.05, 0) is 30.7 Å². The standard InChI is InChI=1S/C17H20N4O3/c18-9-4-10-20(12-13-5-2-1-3-6-13)15-8-7-14(17(19)22)11-16(15)21(23)24/h1-3,5-8,11H,4,9-10,12,18H2,(H2,19,22). The molecule has 126 valence electrons. The van der Waals surface area contributed by atoms with Crippen LogP contribution in [0.15, 0.2) is 48.5 Å². The summed E-state index contributed by atoms with van der Waals surface area (Å²) < 4.78 is 0. The highest BCUT2D eigenvalue weighted by Crippen LogP contribution is 2.30. The van der Waals surface area contributed by atoms with Gasteiger partial charge >= 0.3 is 0 Å². The van der Waals surface area contributed by atoms with Crippen molar-refractivity contribution < 1.29 is 9.72 Å². The minimum atomic E-state index is -0.693. The van der Waals surface area contributed by atoms with Crippen LogP contribution in [-0.2, 0) is 6.54 Å². The Balaban J connectivity index is 2.40. The monoisotopic (exact) mass is 328 g/mol. The van der Waals surface area contributed by atoms with Crippen LogP contribution < -0.4 is 16.4 Å². The number of carbonyl (C=O) groups is 1. The summed E-state index contributed by atoms with van der Waals surface area (Å²) in [4.78, 5) is 24.1. The van der Waals surface area contributed by atoms with E-state index in [9.17, 15) is 14.9 Å². The van der Waals surface area contributed by atoms with Crippen molar-refractivity contribution in [1.29, 1.82) is 0 Å². The van der Waals surface area contributed by atoms with Crippen molar-refractivity contribution in [3.8, 4) is 0 Å². The van der Waals surface area contributed by atoms with E-state index in [0.717, 1.165) is 5.56 Å². The molecule has 2 aromatic rings. The summed E-state index contributed by atoms with van der Waals surface area (Å²) in [5.74, 6) is -0.693. The first-order chi connectivity index (χ1) is 11.5. The van der Waals surface area contributed by atoms with Crippen molar-refractivity contribution in [3.05, 3.63) is 69.8 Å². The topological polar surface area (TPSA) is 115 Å². The summed E-state index contributed by atoms with van der Waals surface area (Å²) in [7, 11) is 0. The Labute approximate surface area is 140 Å². The van der Waals surface area contributed by atoms with E-state index >= 15 is 0 Å². The fraction of sp³-hybridized carbons (Fsp3) is 0.235. The molecule has 7 nitrogen and oxygen atoms in total. The van der Waals surface area contributed by atoms with E-state index in [1.807, 2.05) is 35.2 Å². The van der Waals surface area contributed by atoms with E-state index in [-0.39, 0.29) is 11.3 Å². The zero-order chi connectivity index (χ0) is 17.5. The second kappa shape index (κ2) is 8.07. The third-order valence-corrected chi connectivity index (χ3v) is 3.65. The Bertz CT molecular complexity index is 719. The molecular weight excluding hydrogens is 308 g/mol. The molecule has 0 aliphatic heterocycles. The van der Waals surface area contributed by atoms with E-state index in [4.69, 9.17) is 11.5 Å². The molecule has 0 aliphatic rings. The number of nitrogens with zero attached hydrogens (tertiary/aromatic N) is 2. The van der Waals surface area contributed by atoms with Gasteiger partial charge in [0.2, 0.25) is 5.91 Å². The van der Waals surface area contributed by atoms with Crippen LogP contribution in [0.5, 0.6) is 0 Å². The highest BCUT2D eigenvalue weighted by molar-refractivity contribution is 5.94. The van der Waals surface area contributed by atoms with Gasteiger partial charge in [-0.15, -0.1) is 0 Å². The molecule has 0 atom stereocenters. The third kappa shape index (κ3) is 4.30. The molecule has 0 unspecified atom stereocenters. The number of hydrogen-bond acceptors (Lipinski definition) is 5. The molecule has 7 heteroatoms. The van der Waals surface area contributed by atoms with E-state index in [1.165, 1.54) is 12.1 Å². The molecule has 0 saturated heterocycles. The van der Waals surface area contributed by atoms with Gasteiger partial charge in [0.05, 0.1) is 4.92 Å². The number of carbonyl (C=O) groups excluding carboxylic acids is 1. The molecule has 0 saturated carbocycles. The largest absolute Gasteiger partial charge is 0.366 e. The van der Waals surface area contributed by atoms with Crippen molar-refractivity contribution in [1.82, 2.24) is 0 Å². The highest BCUT2D eigenvalue weighted by atomic mass is 16.6. The molecule has 1 amide bonds. The van der Waals surface area contributed by atoms with Gasteiger partial charge < -0.3 is 16.4 Å². The van der Waals surface area contributed by atoms with Crippen LogP contribution in [0.2, 0.25) is 0 Å². The quantitative estimate of drug-likeness (QED) is 0.568. The van der Waals surface area contributed by atoms with Crippen LogP contribution in [0.3, 0.4) is 0 Å². The number of nitro groups is 1. The predicted molar refractivity (Wildman–Crippen MR) is 92.8 cm³/mol. The summed E-state index contributed by atoms with van der Waals surface area (Å²) in [6.07, 6.45) is 0.696. The Morgan fingerprint density at radius 2 is 1.88 bits per heavy atom. The summed E-state index contributed by atoms with van der Waals surface area (Å²) in [6.45, 7) is 1.57. The molecule has 24 heavy (non-hydrogen) atoms. The van der Waals surface area contributed by atoms with Crippen LogP contribution in [0, 0.1) is 10.1 Å². The zero-order valence-electron chi connectivity index (χ0n) is 13.2. The lowest BCUT2D eigenvalue weighted by molar-refractivity contribution is -0.384. The first-order valence-corrected chi connectivity index (χ1v) is 7.60. The molecule has 0 heterocycles. The number of nitro benzene ring substituents is 1. The number of nitrogens with two attached hydrogens (primary N) is 2. The summed E-state index contributed by atoms with van der Waals surface area (Å²) >= 11 is 0. The second-order valence-corrected chi connectivity index (χ2v) is 5.37. The van der Waals surface area contributed by atoms with Crippen LogP contribution >= 0.6 is 0 Å². The predicted octanol–water partition coefficient (Wildman–Crippen LogP) is 2.05. The molecular formula is C17H20N4O3. The number of anilines is 1. The molecule has 0 bridgehead atoms. The molecule has 0 fully saturated rings. The molecule has 2 rings (SSSR count). The van der Waals surface area contributed by atoms with Gasteiger partial charge in [-0.1, -0.05) is 30.3 Å². The second-order valence-electron chi connectivity index (χ2n) is 5.37. The van der Waals surface area contributed by atoms with Crippen LogP contribution in [0.25, 0.3) is 0 Å². The first kappa shape index (κ1) is 17.4. The summed E-state index contributed by atoms with van der Waals surface area (Å²) in [5.41, 5.74) is 12.3. The fourth-order valence-corrected chi connectivity index (χ4v) is 2.46. The smallest absolute Gasteiger partial charge is 0.293 e. The van der Waals surface area contributed by atoms with E-state index < -0.39 is 10.8 Å². The maximum absolute atomic E-state index is 11.4.